The number of aromatic nitrogens is 1. The van der Waals surface area contributed by atoms with Gasteiger partial charge in [0.1, 0.15) is 0 Å². The van der Waals surface area contributed by atoms with Crippen molar-refractivity contribution in [2.75, 3.05) is 0 Å². The quantitative estimate of drug-likeness (QED) is 0.300. The standard InChI is InChI=1S/C27H27N/c1-3-5-20-28-25-19-13-12-18-24(25)26(27(28)22-16-10-7-11-17-22)23(4-2)21-14-8-6-9-15-21/h4,6-19,23H,2-3,5,20H2,1H3. The van der Waals surface area contributed by atoms with Crippen molar-refractivity contribution in [1.82, 2.24) is 4.57 Å². The van der Waals surface area contributed by atoms with Crippen molar-refractivity contribution in [3.05, 3.63) is 109 Å². The Morgan fingerprint density at radius 2 is 1.50 bits per heavy atom. The molecule has 0 N–H and O–H groups in total. The van der Waals surface area contributed by atoms with E-state index in [0.29, 0.717) is 0 Å². The van der Waals surface area contributed by atoms with Gasteiger partial charge in [-0.1, -0.05) is 98.3 Å². The first kappa shape index (κ1) is 18.3. The number of para-hydroxylation sites is 1. The topological polar surface area (TPSA) is 4.93 Å². The summed E-state index contributed by atoms with van der Waals surface area (Å²) in [5.74, 6) is 0.157. The molecule has 3 aromatic carbocycles. The Balaban J connectivity index is 2.05. The molecule has 28 heavy (non-hydrogen) atoms. The number of hydrogen-bond acceptors (Lipinski definition) is 0. The predicted octanol–water partition coefficient (Wildman–Crippen LogP) is 7.43. The maximum atomic E-state index is 4.22. The van der Waals surface area contributed by atoms with Gasteiger partial charge in [0, 0.05) is 23.4 Å². The first-order chi connectivity index (χ1) is 13.8. The summed E-state index contributed by atoms with van der Waals surface area (Å²) < 4.78 is 2.52. The zero-order chi connectivity index (χ0) is 19.3. The Morgan fingerprint density at radius 1 is 0.857 bits per heavy atom. The van der Waals surface area contributed by atoms with Gasteiger partial charge in [0.2, 0.25) is 0 Å². The van der Waals surface area contributed by atoms with Crippen LogP contribution in [0.15, 0.2) is 97.6 Å². The molecule has 0 aliphatic rings. The van der Waals surface area contributed by atoms with Crippen LogP contribution < -0.4 is 0 Å². The van der Waals surface area contributed by atoms with Crippen molar-refractivity contribution in [3.63, 3.8) is 0 Å². The summed E-state index contributed by atoms with van der Waals surface area (Å²) in [6.07, 6.45) is 4.44. The van der Waals surface area contributed by atoms with Gasteiger partial charge in [0.25, 0.3) is 0 Å². The molecule has 0 saturated heterocycles. The molecule has 1 nitrogen and oxygen atoms in total. The molecule has 1 heteroatoms. The number of benzene rings is 3. The molecule has 0 radical (unpaired) electrons. The summed E-state index contributed by atoms with van der Waals surface area (Å²) in [7, 11) is 0. The predicted molar refractivity (Wildman–Crippen MR) is 121 cm³/mol. The van der Waals surface area contributed by atoms with Gasteiger partial charge in [-0.05, 0) is 29.2 Å². The van der Waals surface area contributed by atoms with Crippen molar-refractivity contribution in [2.24, 2.45) is 0 Å². The molecule has 1 atom stereocenters. The highest BCUT2D eigenvalue weighted by molar-refractivity contribution is 5.93. The molecule has 0 fully saturated rings. The Labute approximate surface area is 168 Å². The third-order valence-corrected chi connectivity index (χ3v) is 5.50. The van der Waals surface area contributed by atoms with Gasteiger partial charge in [0.05, 0.1) is 5.69 Å². The average Bonchev–Trinajstić information content (AvgIpc) is 3.08. The fourth-order valence-corrected chi connectivity index (χ4v) is 4.18. The zero-order valence-electron chi connectivity index (χ0n) is 16.5. The van der Waals surface area contributed by atoms with Crippen molar-refractivity contribution in [1.29, 1.82) is 0 Å². The number of allylic oxidation sites excluding steroid dienone is 1. The van der Waals surface area contributed by atoms with Crippen molar-refractivity contribution >= 4 is 10.9 Å². The molecule has 0 saturated carbocycles. The third-order valence-electron chi connectivity index (χ3n) is 5.50. The highest BCUT2D eigenvalue weighted by atomic mass is 15.0. The van der Waals surface area contributed by atoms with Gasteiger partial charge in [0.15, 0.2) is 0 Å². The van der Waals surface area contributed by atoms with E-state index in [1.54, 1.807) is 0 Å². The number of fused-ring (bicyclic) bond motifs is 1. The van der Waals surface area contributed by atoms with Gasteiger partial charge in [-0.25, -0.2) is 0 Å². The van der Waals surface area contributed by atoms with E-state index in [4.69, 9.17) is 0 Å². The smallest absolute Gasteiger partial charge is 0.0533 e. The Morgan fingerprint density at radius 3 is 2.18 bits per heavy atom. The highest BCUT2D eigenvalue weighted by Gasteiger charge is 2.24. The Bertz CT molecular complexity index is 1060. The minimum absolute atomic E-state index is 0.157. The summed E-state index contributed by atoms with van der Waals surface area (Å²) in [5, 5.41) is 1.33. The van der Waals surface area contributed by atoms with Gasteiger partial charge in [-0.3, -0.25) is 0 Å². The van der Waals surface area contributed by atoms with Crippen molar-refractivity contribution in [2.45, 2.75) is 32.2 Å². The minimum Gasteiger partial charge on any atom is -0.340 e. The molecule has 0 aliphatic carbocycles. The molecule has 4 aromatic rings. The van der Waals surface area contributed by atoms with Crippen LogP contribution in [-0.4, -0.2) is 4.57 Å². The molecular formula is C27H27N. The van der Waals surface area contributed by atoms with Crippen LogP contribution in [0.5, 0.6) is 0 Å². The normalized spacial score (nSPS) is 12.2. The molecule has 0 aliphatic heterocycles. The van der Waals surface area contributed by atoms with Crippen LogP contribution >= 0.6 is 0 Å². The lowest BCUT2D eigenvalue weighted by molar-refractivity contribution is 0.653. The number of nitrogens with zero attached hydrogens (tertiary/aromatic N) is 1. The van der Waals surface area contributed by atoms with E-state index in [1.807, 2.05) is 0 Å². The second kappa shape index (κ2) is 8.31. The van der Waals surface area contributed by atoms with Crippen molar-refractivity contribution in [3.8, 4) is 11.3 Å². The molecule has 140 valence electrons. The van der Waals surface area contributed by atoms with E-state index in [9.17, 15) is 0 Å². The lowest BCUT2D eigenvalue weighted by atomic mass is 9.87. The molecule has 0 bridgehead atoms. The van der Waals surface area contributed by atoms with Crippen LogP contribution in [0.4, 0.5) is 0 Å². The first-order valence-electron chi connectivity index (χ1n) is 10.2. The largest absolute Gasteiger partial charge is 0.340 e. The average molecular weight is 366 g/mol. The van der Waals surface area contributed by atoms with E-state index >= 15 is 0 Å². The number of rotatable bonds is 7. The van der Waals surface area contributed by atoms with Gasteiger partial charge in [-0.15, -0.1) is 6.58 Å². The van der Waals surface area contributed by atoms with Crippen LogP contribution in [0.25, 0.3) is 22.2 Å². The van der Waals surface area contributed by atoms with Gasteiger partial charge >= 0.3 is 0 Å². The number of unbranched alkanes of at least 4 members (excludes halogenated alkanes) is 1. The van der Waals surface area contributed by atoms with Crippen LogP contribution in [0, 0.1) is 0 Å². The molecule has 1 unspecified atom stereocenters. The first-order valence-corrected chi connectivity index (χ1v) is 10.2. The fraction of sp³-hybridized carbons (Fsp3) is 0.185. The number of aryl methyl sites for hydroxylation is 1. The van der Waals surface area contributed by atoms with Crippen LogP contribution in [0.3, 0.4) is 0 Å². The second-order valence-electron chi connectivity index (χ2n) is 7.27. The summed E-state index contributed by atoms with van der Waals surface area (Å²) in [5.41, 5.74) is 6.55. The van der Waals surface area contributed by atoms with Crippen molar-refractivity contribution < 1.29 is 0 Å². The molecular weight excluding hydrogens is 338 g/mol. The van der Waals surface area contributed by atoms with Gasteiger partial charge < -0.3 is 4.57 Å². The van der Waals surface area contributed by atoms with E-state index in [-0.39, 0.29) is 5.92 Å². The molecule has 0 spiro atoms. The van der Waals surface area contributed by atoms with Crippen LogP contribution in [-0.2, 0) is 6.54 Å². The fourth-order valence-electron chi connectivity index (χ4n) is 4.18. The summed E-state index contributed by atoms with van der Waals surface area (Å²) in [6.45, 7) is 7.50. The maximum Gasteiger partial charge on any atom is 0.0533 e. The Kier molecular flexibility index (Phi) is 5.43. The molecule has 0 amide bonds. The monoisotopic (exact) mass is 365 g/mol. The van der Waals surface area contributed by atoms with E-state index in [1.165, 1.54) is 46.1 Å². The molecule has 1 heterocycles. The van der Waals surface area contributed by atoms with E-state index in [0.717, 1.165) is 6.54 Å². The van der Waals surface area contributed by atoms with Gasteiger partial charge in [-0.2, -0.15) is 0 Å². The van der Waals surface area contributed by atoms with Crippen LogP contribution in [0.1, 0.15) is 36.8 Å². The zero-order valence-corrected chi connectivity index (χ0v) is 16.5. The SMILES string of the molecule is C=CC(c1ccccc1)c1c(-c2ccccc2)n(CCCC)c2ccccc12. The van der Waals surface area contributed by atoms with Crippen LogP contribution in [0.2, 0.25) is 0 Å². The summed E-state index contributed by atoms with van der Waals surface area (Å²) in [6, 6.07) is 30.3. The highest BCUT2D eigenvalue weighted by Crippen LogP contribution is 2.41. The second-order valence-corrected chi connectivity index (χ2v) is 7.27. The molecule has 4 rings (SSSR count). The lowest BCUT2D eigenvalue weighted by Crippen LogP contribution is -2.04. The lowest BCUT2D eigenvalue weighted by Gasteiger charge is -2.18. The Hall–Kier alpha value is -3.06. The third kappa shape index (κ3) is 3.29. The minimum atomic E-state index is 0.157. The number of hydrogen-bond donors (Lipinski definition) is 0. The molecule has 1 aromatic heterocycles. The summed E-state index contributed by atoms with van der Waals surface area (Å²) in [4.78, 5) is 0. The summed E-state index contributed by atoms with van der Waals surface area (Å²) >= 11 is 0. The van der Waals surface area contributed by atoms with E-state index in [2.05, 4.69) is 109 Å². The van der Waals surface area contributed by atoms with E-state index < -0.39 is 0 Å². The maximum absolute atomic E-state index is 4.22.